The second kappa shape index (κ2) is 6.13. The molecule has 8 heteroatoms. The van der Waals surface area contributed by atoms with Gasteiger partial charge in [0.2, 0.25) is 0 Å². The van der Waals surface area contributed by atoms with Crippen LogP contribution < -0.4 is 10.0 Å². The Bertz CT molecular complexity index is 709. The molecule has 114 valence electrons. The van der Waals surface area contributed by atoms with Gasteiger partial charge in [-0.2, -0.15) is 5.10 Å². The molecule has 0 radical (unpaired) electrons. The van der Waals surface area contributed by atoms with E-state index in [1.807, 2.05) is 20.8 Å². The first kappa shape index (κ1) is 15.3. The van der Waals surface area contributed by atoms with E-state index >= 15 is 0 Å². The number of nitrogens with zero attached hydrogens (tertiary/aromatic N) is 3. The zero-order valence-electron chi connectivity index (χ0n) is 12.2. The van der Waals surface area contributed by atoms with E-state index in [9.17, 15) is 8.42 Å². The monoisotopic (exact) mass is 309 g/mol. The van der Waals surface area contributed by atoms with Crippen LogP contribution in [0.5, 0.6) is 0 Å². The van der Waals surface area contributed by atoms with Gasteiger partial charge in [0.05, 0.1) is 11.1 Å². The average Bonchev–Trinajstić information content (AvgIpc) is 2.87. The average molecular weight is 309 g/mol. The van der Waals surface area contributed by atoms with Gasteiger partial charge in [-0.3, -0.25) is 4.72 Å². The van der Waals surface area contributed by atoms with Crippen molar-refractivity contribution in [3.63, 3.8) is 0 Å². The first-order valence-corrected chi connectivity index (χ1v) is 8.18. The van der Waals surface area contributed by atoms with E-state index in [2.05, 4.69) is 20.1 Å². The lowest BCUT2D eigenvalue weighted by molar-refractivity contribution is 0.539. The van der Waals surface area contributed by atoms with Gasteiger partial charge < -0.3 is 5.32 Å². The molecule has 0 atom stereocenters. The predicted molar refractivity (Wildman–Crippen MR) is 81.8 cm³/mol. The zero-order valence-corrected chi connectivity index (χ0v) is 13.1. The Morgan fingerprint density at radius 3 is 2.71 bits per heavy atom. The van der Waals surface area contributed by atoms with Crippen LogP contribution in [0.4, 0.5) is 11.6 Å². The number of nitrogens with one attached hydrogen (secondary N) is 2. The predicted octanol–water partition coefficient (Wildman–Crippen LogP) is 2.09. The third kappa shape index (κ3) is 3.52. The Morgan fingerprint density at radius 1 is 1.29 bits per heavy atom. The van der Waals surface area contributed by atoms with E-state index in [4.69, 9.17) is 0 Å². The molecule has 0 fully saturated rings. The minimum absolute atomic E-state index is 0.0625. The summed E-state index contributed by atoms with van der Waals surface area (Å²) in [4.78, 5) is 4.22. The molecule has 0 unspecified atom stereocenters. The Kier molecular flexibility index (Phi) is 4.46. The summed E-state index contributed by atoms with van der Waals surface area (Å²) >= 11 is 0. The van der Waals surface area contributed by atoms with Crippen molar-refractivity contribution in [2.45, 2.75) is 31.7 Å². The summed E-state index contributed by atoms with van der Waals surface area (Å²) in [6, 6.07) is 4.65. The van der Waals surface area contributed by atoms with Crippen LogP contribution in [0.2, 0.25) is 0 Å². The first-order chi connectivity index (χ1) is 9.94. The SMILES string of the molecule is CCNc1cc(S(=O)(=O)Nc2ccnn2C(C)C)ccn1. The molecule has 0 amide bonds. The van der Waals surface area contributed by atoms with Gasteiger partial charge in [0, 0.05) is 30.9 Å². The molecule has 2 aromatic rings. The molecule has 2 aromatic heterocycles. The van der Waals surface area contributed by atoms with E-state index in [-0.39, 0.29) is 10.9 Å². The number of aromatic nitrogens is 3. The van der Waals surface area contributed by atoms with Gasteiger partial charge >= 0.3 is 0 Å². The van der Waals surface area contributed by atoms with Crippen LogP contribution >= 0.6 is 0 Å². The maximum atomic E-state index is 12.4. The van der Waals surface area contributed by atoms with Gasteiger partial charge in [0.1, 0.15) is 11.6 Å². The van der Waals surface area contributed by atoms with Crippen molar-refractivity contribution in [3.8, 4) is 0 Å². The fourth-order valence-corrected chi connectivity index (χ4v) is 2.92. The van der Waals surface area contributed by atoms with E-state index in [0.29, 0.717) is 18.2 Å². The summed E-state index contributed by atoms with van der Waals surface area (Å²) in [5, 5.41) is 7.09. The van der Waals surface area contributed by atoms with Crippen molar-refractivity contribution >= 4 is 21.7 Å². The molecule has 0 saturated heterocycles. The summed E-state index contributed by atoms with van der Waals surface area (Å²) in [6.07, 6.45) is 3.03. The molecular formula is C13H19N5O2S. The van der Waals surface area contributed by atoms with Crippen molar-refractivity contribution < 1.29 is 8.42 Å². The normalized spacial score (nSPS) is 11.6. The van der Waals surface area contributed by atoms with Gasteiger partial charge in [0.15, 0.2) is 0 Å². The number of hydrogen-bond acceptors (Lipinski definition) is 5. The summed E-state index contributed by atoms with van der Waals surface area (Å²) in [5.41, 5.74) is 0. The van der Waals surface area contributed by atoms with E-state index in [1.165, 1.54) is 18.3 Å². The second-order valence-corrected chi connectivity index (χ2v) is 6.45. The topological polar surface area (TPSA) is 88.9 Å². The third-order valence-corrected chi connectivity index (χ3v) is 4.15. The molecule has 2 N–H and O–H groups in total. The highest BCUT2D eigenvalue weighted by Gasteiger charge is 2.18. The molecule has 0 aliphatic rings. The Balaban J connectivity index is 2.30. The summed E-state index contributed by atoms with van der Waals surface area (Å²) in [6.45, 7) is 6.45. The highest BCUT2D eigenvalue weighted by Crippen LogP contribution is 2.19. The van der Waals surface area contributed by atoms with Crippen LogP contribution in [0.15, 0.2) is 35.5 Å². The lowest BCUT2D eigenvalue weighted by atomic mass is 10.4. The van der Waals surface area contributed by atoms with Crippen LogP contribution in [-0.2, 0) is 10.0 Å². The van der Waals surface area contributed by atoms with E-state index < -0.39 is 10.0 Å². The molecule has 7 nitrogen and oxygen atoms in total. The summed E-state index contributed by atoms with van der Waals surface area (Å²) in [5.74, 6) is 0.963. The number of anilines is 2. The smallest absolute Gasteiger partial charge is 0.263 e. The molecule has 21 heavy (non-hydrogen) atoms. The highest BCUT2D eigenvalue weighted by molar-refractivity contribution is 7.92. The van der Waals surface area contributed by atoms with Gasteiger partial charge in [-0.1, -0.05) is 0 Å². The fourth-order valence-electron chi connectivity index (χ4n) is 1.86. The largest absolute Gasteiger partial charge is 0.370 e. The molecular weight excluding hydrogens is 290 g/mol. The molecule has 0 spiro atoms. The van der Waals surface area contributed by atoms with Crippen molar-refractivity contribution in [3.05, 3.63) is 30.6 Å². The van der Waals surface area contributed by atoms with Gasteiger partial charge in [0.25, 0.3) is 10.0 Å². The van der Waals surface area contributed by atoms with Crippen LogP contribution in [0, 0.1) is 0 Å². The maximum Gasteiger partial charge on any atom is 0.263 e. The van der Waals surface area contributed by atoms with Crippen molar-refractivity contribution in [2.75, 3.05) is 16.6 Å². The highest BCUT2D eigenvalue weighted by atomic mass is 32.2. The summed E-state index contributed by atoms with van der Waals surface area (Å²) < 4.78 is 29.0. The van der Waals surface area contributed by atoms with E-state index in [0.717, 1.165) is 0 Å². The number of sulfonamides is 1. The fraction of sp³-hybridized carbons (Fsp3) is 0.385. The molecule has 0 aromatic carbocycles. The molecule has 0 bridgehead atoms. The number of rotatable bonds is 6. The van der Waals surface area contributed by atoms with Crippen LogP contribution in [0.1, 0.15) is 26.8 Å². The minimum Gasteiger partial charge on any atom is -0.370 e. The first-order valence-electron chi connectivity index (χ1n) is 6.70. The third-order valence-electron chi connectivity index (χ3n) is 2.80. The quantitative estimate of drug-likeness (QED) is 0.853. The van der Waals surface area contributed by atoms with Crippen LogP contribution in [0.3, 0.4) is 0 Å². The standard InChI is InChI=1S/C13H19N5O2S/c1-4-14-12-9-11(5-7-15-12)21(19,20)17-13-6-8-16-18(13)10(2)3/h5-10,17H,4H2,1-3H3,(H,14,15). The minimum atomic E-state index is -3.67. The molecule has 0 aliphatic carbocycles. The Morgan fingerprint density at radius 2 is 2.05 bits per heavy atom. The van der Waals surface area contributed by atoms with Gasteiger partial charge in [-0.25, -0.2) is 18.1 Å². The number of pyridine rings is 1. The Hall–Kier alpha value is -2.09. The Labute approximate surface area is 124 Å². The maximum absolute atomic E-state index is 12.4. The summed E-state index contributed by atoms with van der Waals surface area (Å²) in [7, 11) is -3.67. The lowest BCUT2D eigenvalue weighted by Gasteiger charge is -2.13. The van der Waals surface area contributed by atoms with Crippen LogP contribution in [0.25, 0.3) is 0 Å². The second-order valence-electron chi connectivity index (χ2n) is 4.77. The van der Waals surface area contributed by atoms with E-state index in [1.54, 1.807) is 16.9 Å². The lowest BCUT2D eigenvalue weighted by Crippen LogP contribution is -2.17. The van der Waals surface area contributed by atoms with Crippen molar-refractivity contribution in [1.29, 1.82) is 0 Å². The van der Waals surface area contributed by atoms with Crippen LogP contribution in [-0.4, -0.2) is 29.7 Å². The van der Waals surface area contributed by atoms with Crippen molar-refractivity contribution in [1.82, 2.24) is 14.8 Å². The van der Waals surface area contributed by atoms with Crippen molar-refractivity contribution in [2.24, 2.45) is 0 Å². The van der Waals surface area contributed by atoms with Gasteiger partial charge in [-0.05, 0) is 26.8 Å². The molecule has 0 aliphatic heterocycles. The number of hydrogen-bond donors (Lipinski definition) is 2. The molecule has 2 heterocycles. The zero-order chi connectivity index (χ0) is 15.5. The molecule has 2 rings (SSSR count). The molecule has 0 saturated carbocycles. The van der Waals surface area contributed by atoms with Gasteiger partial charge in [-0.15, -0.1) is 0 Å².